The standard InChI is InChI=1S/C22H21ClN4O2S/c23-16-5-10-19-20(11-12-25-21(19)13-16)26-17-6-8-18(9-7-17)27-30(28,29)22-4-2-1-3-15(22)14-24/h1-5,10-13,17-18,27H,6-9H2,(H,25,26). The average Bonchev–Trinajstić information content (AvgIpc) is 2.75. The van der Waals surface area contributed by atoms with E-state index in [-0.39, 0.29) is 22.5 Å². The lowest BCUT2D eigenvalue weighted by atomic mass is 9.91. The van der Waals surface area contributed by atoms with Crippen molar-refractivity contribution in [2.75, 3.05) is 5.32 Å². The molecular weight excluding hydrogens is 420 g/mol. The molecule has 8 heteroatoms. The van der Waals surface area contributed by atoms with Crippen molar-refractivity contribution < 1.29 is 8.42 Å². The van der Waals surface area contributed by atoms with Gasteiger partial charge in [-0.25, -0.2) is 13.1 Å². The van der Waals surface area contributed by atoms with E-state index in [9.17, 15) is 13.7 Å². The predicted molar refractivity (Wildman–Crippen MR) is 118 cm³/mol. The van der Waals surface area contributed by atoms with E-state index in [4.69, 9.17) is 11.6 Å². The zero-order chi connectivity index (χ0) is 21.1. The molecule has 1 aliphatic carbocycles. The molecule has 0 saturated heterocycles. The van der Waals surface area contributed by atoms with Crippen LogP contribution < -0.4 is 10.0 Å². The summed E-state index contributed by atoms with van der Waals surface area (Å²) < 4.78 is 28.2. The number of nitrogens with one attached hydrogen (secondary N) is 2. The van der Waals surface area contributed by atoms with Crippen molar-refractivity contribution in [3.8, 4) is 6.07 Å². The molecule has 0 radical (unpaired) electrons. The van der Waals surface area contributed by atoms with Crippen LogP contribution in [0.15, 0.2) is 59.6 Å². The van der Waals surface area contributed by atoms with Gasteiger partial charge in [-0.3, -0.25) is 4.98 Å². The van der Waals surface area contributed by atoms with Crippen LogP contribution in [0.25, 0.3) is 10.9 Å². The maximum atomic E-state index is 12.7. The zero-order valence-electron chi connectivity index (χ0n) is 16.2. The molecule has 1 saturated carbocycles. The summed E-state index contributed by atoms with van der Waals surface area (Å²) >= 11 is 6.06. The Morgan fingerprint density at radius 1 is 1.03 bits per heavy atom. The molecule has 0 spiro atoms. The lowest BCUT2D eigenvalue weighted by Gasteiger charge is -2.30. The van der Waals surface area contributed by atoms with Crippen molar-refractivity contribution in [2.24, 2.45) is 0 Å². The summed E-state index contributed by atoms with van der Waals surface area (Å²) in [5.41, 5.74) is 2.00. The first-order valence-electron chi connectivity index (χ1n) is 9.78. The molecule has 3 aromatic rings. The zero-order valence-corrected chi connectivity index (χ0v) is 17.7. The summed E-state index contributed by atoms with van der Waals surface area (Å²) in [6, 6.07) is 15.9. The van der Waals surface area contributed by atoms with Gasteiger partial charge in [0, 0.05) is 34.4 Å². The van der Waals surface area contributed by atoms with E-state index in [0.29, 0.717) is 5.02 Å². The normalized spacial score (nSPS) is 19.3. The number of aromatic nitrogens is 1. The highest BCUT2D eigenvalue weighted by atomic mass is 35.5. The van der Waals surface area contributed by atoms with Gasteiger partial charge in [-0.05, 0) is 62.1 Å². The molecule has 2 N–H and O–H groups in total. The first-order chi connectivity index (χ1) is 14.5. The van der Waals surface area contributed by atoms with Crippen molar-refractivity contribution >= 4 is 38.2 Å². The summed E-state index contributed by atoms with van der Waals surface area (Å²) in [5, 5.41) is 14.4. The Morgan fingerprint density at radius 2 is 1.77 bits per heavy atom. The van der Waals surface area contributed by atoms with E-state index in [0.717, 1.165) is 42.3 Å². The van der Waals surface area contributed by atoms with Gasteiger partial charge in [0.15, 0.2) is 0 Å². The van der Waals surface area contributed by atoms with Gasteiger partial charge < -0.3 is 5.32 Å². The third kappa shape index (κ3) is 4.41. The Kier molecular flexibility index (Phi) is 5.91. The molecule has 0 bridgehead atoms. The lowest BCUT2D eigenvalue weighted by molar-refractivity contribution is 0.387. The minimum absolute atomic E-state index is 0.0367. The Hall–Kier alpha value is -2.66. The van der Waals surface area contributed by atoms with Crippen molar-refractivity contribution in [2.45, 2.75) is 42.7 Å². The molecule has 0 atom stereocenters. The number of hydrogen-bond donors (Lipinski definition) is 2. The number of nitriles is 1. The van der Waals surface area contributed by atoms with Crippen molar-refractivity contribution in [3.63, 3.8) is 0 Å². The van der Waals surface area contributed by atoms with E-state index in [2.05, 4.69) is 15.0 Å². The summed E-state index contributed by atoms with van der Waals surface area (Å²) in [7, 11) is -3.73. The summed E-state index contributed by atoms with van der Waals surface area (Å²) in [4.78, 5) is 4.40. The first kappa shape index (κ1) is 20.6. The molecule has 2 aromatic carbocycles. The number of rotatable bonds is 5. The van der Waals surface area contributed by atoms with Crippen LogP contribution in [0.5, 0.6) is 0 Å². The topological polar surface area (TPSA) is 94.9 Å². The van der Waals surface area contributed by atoms with Gasteiger partial charge in [0.25, 0.3) is 0 Å². The molecule has 4 rings (SSSR count). The Morgan fingerprint density at radius 3 is 2.53 bits per heavy atom. The number of anilines is 1. The molecule has 1 heterocycles. The number of benzene rings is 2. The molecule has 154 valence electrons. The molecule has 1 fully saturated rings. The fraction of sp³-hybridized carbons (Fsp3) is 0.273. The molecule has 1 aromatic heterocycles. The van der Waals surface area contributed by atoms with Crippen molar-refractivity contribution in [3.05, 3.63) is 65.3 Å². The molecule has 0 amide bonds. The van der Waals surface area contributed by atoms with Crippen LogP contribution in [-0.4, -0.2) is 25.5 Å². The average molecular weight is 441 g/mol. The lowest BCUT2D eigenvalue weighted by Crippen LogP contribution is -2.40. The van der Waals surface area contributed by atoms with Gasteiger partial charge in [0.05, 0.1) is 16.0 Å². The van der Waals surface area contributed by atoms with E-state index >= 15 is 0 Å². The highest BCUT2D eigenvalue weighted by molar-refractivity contribution is 7.89. The quantitative estimate of drug-likeness (QED) is 0.610. The van der Waals surface area contributed by atoms with Crippen molar-refractivity contribution in [1.29, 1.82) is 5.26 Å². The van der Waals surface area contributed by atoms with Crippen molar-refractivity contribution in [1.82, 2.24) is 9.71 Å². The second kappa shape index (κ2) is 8.60. The van der Waals surface area contributed by atoms with Gasteiger partial charge >= 0.3 is 0 Å². The molecule has 30 heavy (non-hydrogen) atoms. The van der Waals surface area contributed by atoms with Crippen LogP contribution >= 0.6 is 11.6 Å². The highest BCUT2D eigenvalue weighted by Gasteiger charge is 2.27. The van der Waals surface area contributed by atoms with Gasteiger partial charge in [-0.1, -0.05) is 23.7 Å². The smallest absolute Gasteiger partial charge is 0.242 e. The number of fused-ring (bicyclic) bond motifs is 1. The van der Waals surface area contributed by atoms with Crippen LogP contribution in [-0.2, 0) is 10.0 Å². The van der Waals surface area contributed by atoms with Crippen LogP contribution in [0, 0.1) is 11.3 Å². The number of nitrogens with zero attached hydrogens (tertiary/aromatic N) is 2. The van der Waals surface area contributed by atoms with E-state index in [1.165, 1.54) is 12.1 Å². The summed E-state index contributed by atoms with van der Waals surface area (Å²) in [6.45, 7) is 0. The summed E-state index contributed by atoms with van der Waals surface area (Å²) in [5.74, 6) is 0. The Balaban J connectivity index is 1.41. The van der Waals surface area contributed by atoms with Gasteiger partial charge in [-0.15, -0.1) is 0 Å². The SMILES string of the molecule is N#Cc1ccccc1S(=O)(=O)NC1CCC(Nc2ccnc3cc(Cl)ccc23)CC1. The molecule has 6 nitrogen and oxygen atoms in total. The molecule has 0 aliphatic heterocycles. The van der Waals surface area contributed by atoms with E-state index < -0.39 is 10.0 Å². The largest absolute Gasteiger partial charge is 0.382 e. The van der Waals surface area contributed by atoms with Crippen LogP contribution in [0.1, 0.15) is 31.2 Å². The van der Waals surface area contributed by atoms with Crippen LogP contribution in [0.3, 0.4) is 0 Å². The highest BCUT2D eigenvalue weighted by Crippen LogP contribution is 2.28. The number of halogens is 1. The van der Waals surface area contributed by atoms with Gasteiger partial charge in [0.1, 0.15) is 6.07 Å². The minimum Gasteiger partial charge on any atom is -0.382 e. The second-order valence-electron chi connectivity index (χ2n) is 7.44. The first-order valence-corrected chi connectivity index (χ1v) is 11.6. The Bertz CT molecular complexity index is 1220. The monoisotopic (exact) mass is 440 g/mol. The molecule has 0 unspecified atom stereocenters. The number of pyridine rings is 1. The van der Waals surface area contributed by atoms with E-state index in [1.807, 2.05) is 30.3 Å². The second-order valence-corrected chi connectivity index (χ2v) is 9.56. The number of hydrogen-bond acceptors (Lipinski definition) is 5. The maximum absolute atomic E-state index is 12.7. The van der Waals surface area contributed by atoms with Gasteiger partial charge in [-0.2, -0.15) is 5.26 Å². The summed E-state index contributed by atoms with van der Waals surface area (Å²) in [6.07, 6.45) is 4.88. The van der Waals surface area contributed by atoms with Gasteiger partial charge in [0.2, 0.25) is 10.0 Å². The third-order valence-electron chi connectivity index (χ3n) is 5.41. The Labute approximate surface area is 180 Å². The number of sulfonamides is 1. The fourth-order valence-corrected chi connectivity index (χ4v) is 5.53. The van der Waals surface area contributed by atoms with E-state index in [1.54, 1.807) is 18.3 Å². The van der Waals surface area contributed by atoms with Crippen LogP contribution in [0.4, 0.5) is 5.69 Å². The third-order valence-corrected chi connectivity index (χ3v) is 7.22. The fourth-order valence-electron chi connectivity index (χ4n) is 3.90. The maximum Gasteiger partial charge on any atom is 0.242 e. The molecule has 1 aliphatic rings. The minimum atomic E-state index is -3.73. The predicted octanol–water partition coefficient (Wildman–Crippen LogP) is 4.46. The molecular formula is C22H21ClN4O2S. The van der Waals surface area contributed by atoms with Crippen LogP contribution in [0.2, 0.25) is 5.02 Å².